The second kappa shape index (κ2) is 10.7. The van der Waals surface area contributed by atoms with Crippen LogP contribution in [0.15, 0.2) is 36.5 Å². The number of pyridine rings is 1. The number of ether oxygens (including phenoxy) is 2. The smallest absolute Gasteiger partial charge is 0.339 e. The first-order valence-corrected chi connectivity index (χ1v) is 10.6. The van der Waals surface area contributed by atoms with Crippen molar-refractivity contribution >= 4 is 29.1 Å². The van der Waals surface area contributed by atoms with Crippen molar-refractivity contribution in [1.82, 2.24) is 9.88 Å². The lowest BCUT2D eigenvalue weighted by molar-refractivity contribution is -0.384. The van der Waals surface area contributed by atoms with E-state index in [1.54, 1.807) is 32.0 Å². The van der Waals surface area contributed by atoms with E-state index in [2.05, 4.69) is 15.2 Å². The first-order valence-electron chi connectivity index (χ1n) is 10.6. The summed E-state index contributed by atoms with van der Waals surface area (Å²) in [5.74, 6) is 0.355. The summed E-state index contributed by atoms with van der Waals surface area (Å²) < 4.78 is 10.00. The molecule has 3 rings (SSSR count). The molecule has 176 valence electrons. The van der Waals surface area contributed by atoms with Crippen LogP contribution in [0, 0.1) is 10.1 Å². The maximum absolute atomic E-state index is 12.8. The number of piperazine rings is 1. The number of carbonyl (C=O) groups excluding carboxylic acids is 2. The molecule has 1 unspecified atom stereocenters. The monoisotopic (exact) mass is 457 g/mol. The molecule has 1 aliphatic rings. The highest BCUT2D eigenvalue weighted by Gasteiger charge is 2.28. The van der Waals surface area contributed by atoms with Gasteiger partial charge in [-0.1, -0.05) is 0 Å². The molecule has 2 heterocycles. The molecule has 1 N–H and O–H groups in total. The molecule has 1 saturated heterocycles. The number of esters is 1. The lowest BCUT2D eigenvalue weighted by atomic mass is 10.2. The Hall–Kier alpha value is -3.73. The van der Waals surface area contributed by atoms with Gasteiger partial charge in [0.05, 0.1) is 36.3 Å². The minimum absolute atomic E-state index is 0.127. The fourth-order valence-corrected chi connectivity index (χ4v) is 3.54. The van der Waals surface area contributed by atoms with Crippen molar-refractivity contribution in [3.8, 4) is 5.75 Å². The van der Waals surface area contributed by atoms with Crippen molar-refractivity contribution in [1.29, 1.82) is 0 Å². The van der Waals surface area contributed by atoms with E-state index in [9.17, 15) is 19.7 Å². The van der Waals surface area contributed by atoms with Gasteiger partial charge in [0.25, 0.3) is 5.69 Å². The summed E-state index contributed by atoms with van der Waals surface area (Å²) in [6, 6.07) is 7.29. The molecule has 11 nitrogen and oxygen atoms in total. The summed E-state index contributed by atoms with van der Waals surface area (Å²) in [6.45, 7) is 6.34. The Labute approximate surface area is 191 Å². The van der Waals surface area contributed by atoms with Crippen LogP contribution in [0.3, 0.4) is 0 Å². The van der Waals surface area contributed by atoms with E-state index in [0.29, 0.717) is 44.1 Å². The Morgan fingerprint density at radius 3 is 2.52 bits per heavy atom. The average molecular weight is 457 g/mol. The van der Waals surface area contributed by atoms with Crippen LogP contribution in [0.4, 0.5) is 17.2 Å². The predicted octanol–water partition coefficient (Wildman–Crippen LogP) is 2.32. The fraction of sp³-hybridized carbons (Fsp3) is 0.409. The second-order valence-corrected chi connectivity index (χ2v) is 7.45. The van der Waals surface area contributed by atoms with Crippen LogP contribution in [0.2, 0.25) is 0 Å². The van der Waals surface area contributed by atoms with Crippen LogP contribution >= 0.6 is 0 Å². The minimum atomic E-state index is -0.554. The molecule has 2 aromatic rings. The minimum Gasteiger partial charge on any atom is -0.496 e. The molecule has 1 fully saturated rings. The standard InChI is InChI=1S/C22H27N5O6/c1-4-33-22(29)16-5-8-20(23-14-16)26-11-9-25(10-12-26)15(2)21(28)24-18-7-6-17(32-3)13-19(18)27(30)31/h5-8,13-15H,4,9-12H2,1-3H3,(H,24,28). The van der Waals surface area contributed by atoms with E-state index in [1.165, 1.54) is 25.4 Å². The molecule has 0 aliphatic carbocycles. The van der Waals surface area contributed by atoms with Crippen LogP contribution in [0.5, 0.6) is 5.75 Å². The molecule has 1 aromatic carbocycles. The summed E-state index contributed by atoms with van der Waals surface area (Å²) in [6.07, 6.45) is 1.50. The molecule has 0 radical (unpaired) electrons. The third-order valence-electron chi connectivity index (χ3n) is 5.48. The van der Waals surface area contributed by atoms with Gasteiger partial charge in [-0.3, -0.25) is 19.8 Å². The van der Waals surface area contributed by atoms with Gasteiger partial charge in [0.15, 0.2) is 0 Å². The zero-order valence-corrected chi connectivity index (χ0v) is 18.8. The van der Waals surface area contributed by atoms with Crippen LogP contribution < -0.4 is 15.0 Å². The summed E-state index contributed by atoms with van der Waals surface area (Å²) in [7, 11) is 1.42. The first-order chi connectivity index (χ1) is 15.8. The van der Waals surface area contributed by atoms with Gasteiger partial charge in [0, 0.05) is 32.4 Å². The van der Waals surface area contributed by atoms with Gasteiger partial charge in [0.1, 0.15) is 17.3 Å². The van der Waals surface area contributed by atoms with E-state index in [-0.39, 0.29) is 17.3 Å². The van der Waals surface area contributed by atoms with Crippen LogP contribution in [-0.4, -0.2) is 72.6 Å². The number of rotatable bonds is 8. The summed E-state index contributed by atoms with van der Waals surface area (Å²) in [5.41, 5.74) is 0.302. The van der Waals surface area contributed by atoms with Crippen molar-refractivity contribution in [2.24, 2.45) is 0 Å². The third-order valence-corrected chi connectivity index (χ3v) is 5.48. The maximum Gasteiger partial charge on any atom is 0.339 e. The predicted molar refractivity (Wildman–Crippen MR) is 122 cm³/mol. The van der Waals surface area contributed by atoms with Crippen molar-refractivity contribution < 1.29 is 24.0 Å². The Kier molecular flexibility index (Phi) is 7.78. The Balaban J connectivity index is 1.58. The summed E-state index contributed by atoms with van der Waals surface area (Å²) in [4.78, 5) is 43.8. The SMILES string of the molecule is CCOC(=O)c1ccc(N2CCN(C(C)C(=O)Nc3ccc(OC)cc3[N+](=O)[O-])CC2)nc1. The van der Waals surface area contributed by atoms with Crippen LogP contribution in [0.1, 0.15) is 24.2 Å². The van der Waals surface area contributed by atoms with Gasteiger partial charge in [-0.05, 0) is 38.1 Å². The number of hydrogen-bond acceptors (Lipinski definition) is 9. The van der Waals surface area contributed by atoms with Crippen molar-refractivity contribution in [2.75, 3.05) is 50.1 Å². The van der Waals surface area contributed by atoms with Gasteiger partial charge in [0.2, 0.25) is 5.91 Å². The number of nitro groups is 1. The zero-order chi connectivity index (χ0) is 24.0. The molecular formula is C22H27N5O6. The molecule has 1 amide bonds. The molecule has 0 bridgehead atoms. The van der Waals surface area contributed by atoms with E-state index in [0.717, 1.165) is 5.82 Å². The number of benzene rings is 1. The number of aromatic nitrogens is 1. The van der Waals surface area contributed by atoms with Crippen LogP contribution in [0.25, 0.3) is 0 Å². The molecule has 11 heteroatoms. The molecule has 1 aromatic heterocycles. The molecule has 1 atom stereocenters. The van der Waals surface area contributed by atoms with Gasteiger partial charge in [-0.25, -0.2) is 9.78 Å². The lowest BCUT2D eigenvalue weighted by Gasteiger charge is -2.37. The number of nitro benzene ring substituents is 1. The molecule has 0 saturated carbocycles. The zero-order valence-electron chi connectivity index (χ0n) is 18.8. The van der Waals surface area contributed by atoms with Crippen LogP contribution in [-0.2, 0) is 9.53 Å². The number of amides is 1. The third kappa shape index (κ3) is 5.75. The first kappa shape index (κ1) is 23.9. The number of methoxy groups -OCH3 is 1. The highest BCUT2D eigenvalue weighted by Crippen LogP contribution is 2.29. The van der Waals surface area contributed by atoms with Gasteiger partial charge >= 0.3 is 5.97 Å². The van der Waals surface area contributed by atoms with Crippen molar-refractivity contribution in [3.63, 3.8) is 0 Å². The highest BCUT2D eigenvalue weighted by atomic mass is 16.6. The average Bonchev–Trinajstić information content (AvgIpc) is 2.84. The Morgan fingerprint density at radius 2 is 1.94 bits per heavy atom. The number of anilines is 2. The highest BCUT2D eigenvalue weighted by molar-refractivity contribution is 5.96. The Morgan fingerprint density at radius 1 is 1.21 bits per heavy atom. The summed E-state index contributed by atoms with van der Waals surface area (Å²) >= 11 is 0. The van der Waals surface area contributed by atoms with E-state index in [4.69, 9.17) is 9.47 Å². The quantitative estimate of drug-likeness (QED) is 0.361. The molecule has 1 aliphatic heterocycles. The topological polar surface area (TPSA) is 127 Å². The van der Waals surface area contributed by atoms with Gasteiger partial charge in [-0.2, -0.15) is 0 Å². The van der Waals surface area contributed by atoms with E-state index < -0.39 is 16.9 Å². The molecule has 0 spiro atoms. The normalized spacial score (nSPS) is 14.9. The largest absolute Gasteiger partial charge is 0.496 e. The lowest BCUT2D eigenvalue weighted by Crippen LogP contribution is -2.53. The second-order valence-electron chi connectivity index (χ2n) is 7.45. The number of nitrogens with zero attached hydrogens (tertiary/aromatic N) is 4. The fourth-order valence-electron chi connectivity index (χ4n) is 3.54. The Bertz CT molecular complexity index is 1000. The number of carbonyl (C=O) groups is 2. The number of nitrogens with one attached hydrogen (secondary N) is 1. The van der Waals surface area contributed by atoms with Crippen molar-refractivity contribution in [2.45, 2.75) is 19.9 Å². The van der Waals surface area contributed by atoms with Gasteiger partial charge in [-0.15, -0.1) is 0 Å². The van der Waals surface area contributed by atoms with E-state index in [1.807, 2.05) is 4.90 Å². The maximum atomic E-state index is 12.8. The molecular weight excluding hydrogens is 430 g/mol. The van der Waals surface area contributed by atoms with Gasteiger partial charge < -0.3 is 19.7 Å². The van der Waals surface area contributed by atoms with Crippen molar-refractivity contribution in [3.05, 3.63) is 52.2 Å². The summed E-state index contributed by atoms with van der Waals surface area (Å²) in [5, 5.41) is 14.0. The molecule has 33 heavy (non-hydrogen) atoms. The van der Waals surface area contributed by atoms with E-state index >= 15 is 0 Å². The number of hydrogen-bond donors (Lipinski definition) is 1.